The fourth-order valence-corrected chi connectivity index (χ4v) is 0.892. The van der Waals surface area contributed by atoms with Crippen molar-refractivity contribution in [2.24, 2.45) is 0 Å². The van der Waals surface area contributed by atoms with Crippen molar-refractivity contribution in [2.75, 3.05) is 24.7 Å². The normalized spacial score (nSPS) is 9.50. The van der Waals surface area contributed by atoms with Gasteiger partial charge in [0, 0.05) is 13.1 Å². The van der Waals surface area contributed by atoms with Gasteiger partial charge in [0.15, 0.2) is 0 Å². The lowest BCUT2D eigenvalue weighted by Gasteiger charge is -2.06. The summed E-state index contributed by atoms with van der Waals surface area (Å²) < 4.78 is 5.33. The Morgan fingerprint density at radius 3 is 3.07 bits per heavy atom. The van der Waals surface area contributed by atoms with Crippen LogP contribution in [-0.2, 0) is 0 Å². The minimum Gasteiger partial charge on any atom is -0.477 e. The summed E-state index contributed by atoms with van der Waals surface area (Å²) in [6, 6.07) is 1.69. The monoisotopic (exact) mass is 194 g/mol. The molecule has 76 valence electrons. The average molecular weight is 194 g/mol. The number of rotatable bonds is 5. The fourth-order valence-electron chi connectivity index (χ4n) is 0.892. The first-order chi connectivity index (χ1) is 6.76. The van der Waals surface area contributed by atoms with Crippen molar-refractivity contribution in [2.45, 2.75) is 6.42 Å². The minimum absolute atomic E-state index is 0.199. The fraction of sp³-hybridized carbons (Fsp3) is 0.333. The van der Waals surface area contributed by atoms with Crippen LogP contribution >= 0.6 is 0 Å². The van der Waals surface area contributed by atoms with Gasteiger partial charge in [0.25, 0.3) is 0 Å². The second-order valence-electron chi connectivity index (χ2n) is 2.63. The highest BCUT2D eigenvalue weighted by atomic mass is 16.5. The van der Waals surface area contributed by atoms with Crippen LogP contribution in [0.15, 0.2) is 18.7 Å². The van der Waals surface area contributed by atoms with E-state index in [9.17, 15) is 0 Å². The van der Waals surface area contributed by atoms with Crippen LogP contribution in [-0.4, -0.2) is 23.6 Å². The molecule has 1 aromatic heterocycles. The Labute approximate surface area is 83.0 Å². The molecule has 0 amide bonds. The van der Waals surface area contributed by atoms with Gasteiger partial charge < -0.3 is 15.8 Å². The first kappa shape index (κ1) is 10.3. The van der Waals surface area contributed by atoms with Crippen LogP contribution in [0.3, 0.4) is 0 Å². The molecule has 0 aliphatic heterocycles. The molecule has 0 aliphatic rings. The molecule has 1 aromatic rings. The third-order valence-electron chi connectivity index (χ3n) is 1.55. The smallest absolute Gasteiger partial charge is 0.225 e. The van der Waals surface area contributed by atoms with Crippen molar-refractivity contribution in [1.29, 1.82) is 0 Å². The summed E-state index contributed by atoms with van der Waals surface area (Å²) in [5.74, 6) is 1.32. The van der Waals surface area contributed by atoms with Gasteiger partial charge in [-0.3, -0.25) is 0 Å². The van der Waals surface area contributed by atoms with Crippen molar-refractivity contribution in [3.8, 4) is 5.88 Å². The van der Waals surface area contributed by atoms with Crippen LogP contribution in [0.25, 0.3) is 0 Å². The molecule has 0 bridgehead atoms. The zero-order valence-corrected chi connectivity index (χ0v) is 8.16. The van der Waals surface area contributed by atoms with E-state index in [1.54, 1.807) is 19.2 Å². The van der Waals surface area contributed by atoms with Crippen molar-refractivity contribution >= 4 is 11.8 Å². The SMILES string of the molecule is C=CCCOc1cc(NC)nc(N)n1. The molecule has 0 saturated heterocycles. The molecule has 5 heteroatoms. The number of aromatic nitrogens is 2. The Balaban J connectivity index is 2.66. The molecule has 0 aromatic carbocycles. The van der Waals surface area contributed by atoms with Crippen molar-refractivity contribution in [1.82, 2.24) is 9.97 Å². The molecule has 0 radical (unpaired) electrons. The predicted octanol–water partition coefficient (Wildman–Crippen LogP) is 1.06. The molecule has 0 aliphatic carbocycles. The van der Waals surface area contributed by atoms with E-state index in [-0.39, 0.29) is 5.95 Å². The number of nitrogen functional groups attached to an aromatic ring is 1. The van der Waals surface area contributed by atoms with E-state index >= 15 is 0 Å². The van der Waals surface area contributed by atoms with E-state index in [0.29, 0.717) is 18.3 Å². The predicted molar refractivity (Wildman–Crippen MR) is 56.3 cm³/mol. The summed E-state index contributed by atoms with van der Waals surface area (Å²) in [5.41, 5.74) is 5.48. The van der Waals surface area contributed by atoms with Crippen LogP contribution in [0, 0.1) is 0 Å². The summed E-state index contributed by atoms with van der Waals surface area (Å²) >= 11 is 0. The van der Waals surface area contributed by atoms with Gasteiger partial charge in [-0.25, -0.2) is 0 Å². The number of nitrogens with zero attached hydrogens (tertiary/aromatic N) is 2. The lowest BCUT2D eigenvalue weighted by molar-refractivity contribution is 0.312. The molecule has 0 unspecified atom stereocenters. The van der Waals surface area contributed by atoms with Crippen LogP contribution in [0.2, 0.25) is 0 Å². The highest BCUT2D eigenvalue weighted by molar-refractivity contribution is 5.41. The molecule has 0 saturated carbocycles. The van der Waals surface area contributed by atoms with E-state index in [1.807, 2.05) is 0 Å². The molecule has 0 spiro atoms. The maximum absolute atomic E-state index is 5.48. The molecule has 0 atom stereocenters. The Bertz CT molecular complexity index is 314. The summed E-state index contributed by atoms with van der Waals surface area (Å²) in [6.07, 6.45) is 2.56. The Morgan fingerprint density at radius 1 is 1.64 bits per heavy atom. The van der Waals surface area contributed by atoms with Gasteiger partial charge in [-0.15, -0.1) is 6.58 Å². The van der Waals surface area contributed by atoms with E-state index < -0.39 is 0 Å². The third-order valence-corrected chi connectivity index (χ3v) is 1.55. The molecule has 5 nitrogen and oxygen atoms in total. The largest absolute Gasteiger partial charge is 0.477 e. The average Bonchev–Trinajstić information content (AvgIpc) is 2.17. The van der Waals surface area contributed by atoms with Gasteiger partial charge >= 0.3 is 0 Å². The van der Waals surface area contributed by atoms with Crippen LogP contribution in [0.5, 0.6) is 5.88 Å². The maximum Gasteiger partial charge on any atom is 0.225 e. The highest BCUT2D eigenvalue weighted by Gasteiger charge is 2.00. The van der Waals surface area contributed by atoms with Crippen molar-refractivity contribution in [3.05, 3.63) is 18.7 Å². The number of ether oxygens (including phenoxy) is 1. The van der Waals surface area contributed by atoms with Crippen molar-refractivity contribution in [3.63, 3.8) is 0 Å². The Kier molecular flexibility index (Phi) is 3.72. The van der Waals surface area contributed by atoms with Gasteiger partial charge in [0.05, 0.1) is 6.61 Å². The molecule has 1 heterocycles. The van der Waals surface area contributed by atoms with Crippen molar-refractivity contribution < 1.29 is 4.74 Å². The Hall–Kier alpha value is -1.78. The first-order valence-electron chi connectivity index (χ1n) is 4.32. The molecular formula is C9H14N4O. The summed E-state index contributed by atoms with van der Waals surface area (Å²) in [7, 11) is 1.76. The number of nitrogens with two attached hydrogens (primary N) is 1. The minimum atomic E-state index is 0.199. The summed E-state index contributed by atoms with van der Waals surface area (Å²) in [6.45, 7) is 4.14. The first-order valence-corrected chi connectivity index (χ1v) is 4.32. The van der Waals surface area contributed by atoms with Gasteiger partial charge in [0.2, 0.25) is 11.8 Å². The summed E-state index contributed by atoms with van der Waals surface area (Å²) in [5, 5.41) is 2.87. The van der Waals surface area contributed by atoms with Crippen LogP contribution in [0.1, 0.15) is 6.42 Å². The standard InChI is InChI=1S/C9H14N4O/c1-3-4-5-14-8-6-7(11-2)12-9(10)13-8/h3,6H,1,4-5H2,2H3,(H3,10,11,12,13). The Morgan fingerprint density at radius 2 is 2.43 bits per heavy atom. The van der Waals surface area contributed by atoms with E-state index in [2.05, 4.69) is 21.9 Å². The van der Waals surface area contributed by atoms with Crippen LogP contribution < -0.4 is 15.8 Å². The zero-order chi connectivity index (χ0) is 10.4. The number of hydrogen-bond acceptors (Lipinski definition) is 5. The molecule has 1 rings (SSSR count). The molecular weight excluding hydrogens is 180 g/mol. The number of anilines is 2. The topological polar surface area (TPSA) is 73.1 Å². The van der Waals surface area contributed by atoms with E-state index in [0.717, 1.165) is 6.42 Å². The lowest BCUT2D eigenvalue weighted by atomic mass is 10.4. The van der Waals surface area contributed by atoms with Gasteiger partial charge in [-0.1, -0.05) is 6.08 Å². The maximum atomic E-state index is 5.48. The second-order valence-corrected chi connectivity index (χ2v) is 2.63. The lowest BCUT2D eigenvalue weighted by Crippen LogP contribution is -2.04. The summed E-state index contributed by atoms with van der Waals surface area (Å²) in [4.78, 5) is 7.86. The van der Waals surface area contributed by atoms with E-state index in [1.165, 1.54) is 0 Å². The second kappa shape index (κ2) is 5.06. The number of nitrogens with one attached hydrogen (secondary N) is 1. The quantitative estimate of drug-likeness (QED) is 0.541. The van der Waals surface area contributed by atoms with Gasteiger partial charge in [0.1, 0.15) is 5.82 Å². The zero-order valence-electron chi connectivity index (χ0n) is 8.16. The molecule has 14 heavy (non-hydrogen) atoms. The molecule has 0 fully saturated rings. The van der Waals surface area contributed by atoms with Crippen LogP contribution in [0.4, 0.5) is 11.8 Å². The molecule has 3 N–H and O–H groups in total. The third kappa shape index (κ3) is 2.93. The van der Waals surface area contributed by atoms with E-state index in [4.69, 9.17) is 10.5 Å². The number of hydrogen-bond donors (Lipinski definition) is 2. The highest BCUT2D eigenvalue weighted by Crippen LogP contribution is 2.13. The van der Waals surface area contributed by atoms with Gasteiger partial charge in [-0.2, -0.15) is 9.97 Å². The van der Waals surface area contributed by atoms with Gasteiger partial charge in [-0.05, 0) is 6.42 Å².